The van der Waals surface area contributed by atoms with Gasteiger partial charge in [0.1, 0.15) is 33.0 Å². The third kappa shape index (κ3) is 15.7. The van der Waals surface area contributed by atoms with Crippen molar-refractivity contribution in [2.45, 2.75) is 111 Å². The average Bonchev–Trinajstić information content (AvgIpc) is 4.06. The van der Waals surface area contributed by atoms with E-state index in [1.54, 1.807) is 0 Å². The van der Waals surface area contributed by atoms with Crippen LogP contribution < -0.4 is 0 Å². The molecule has 0 amide bonds. The van der Waals surface area contributed by atoms with Crippen molar-refractivity contribution in [3.05, 3.63) is 0 Å². The molecule has 4 heterocycles. The number of hydrogen-bond donors (Lipinski definition) is 0. The fourth-order valence-electron chi connectivity index (χ4n) is 6.19. The third-order valence-electron chi connectivity index (χ3n) is 11.4. The van der Waals surface area contributed by atoms with Gasteiger partial charge in [0.05, 0.1) is 56.1 Å². The van der Waals surface area contributed by atoms with Gasteiger partial charge in [-0.05, 0) is 40.5 Å². The van der Waals surface area contributed by atoms with Crippen LogP contribution >= 0.6 is 0 Å². The second kappa shape index (κ2) is 20.9. The summed E-state index contributed by atoms with van der Waals surface area (Å²) in [7, 11) is 0. The van der Waals surface area contributed by atoms with Gasteiger partial charge in [0, 0.05) is 76.5 Å². The second-order valence-electron chi connectivity index (χ2n) is 16.2. The molecule has 0 bridgehead atoms. The maximum atomic E-state index is 13.0. The second-order valence-corrected chi connectivity index (χ2v) is 16.2. The first-order valence-electron chi connectivity index (χ1n) is 20.1. The van der Waals surface area contributed by atoms with Gasteiger partial charge >= 0.3 is 29.8 Å². The summed E-state index contributed by atoms with van der Waals surface area (Å²) in [5.41, 5.74) is -1.69. The Kier molecular flexibility index (Phi) is 17.0. The summed E-state index contributed by atoms with van der Waals surface area (Å²) in [6.45, 7) is 18.6. The minimum absolute atomic E-state index is 0.0172. The summed E-state index contributed by atoms with van der Waals surface area (Å²) >= 11 is 0. The van der Waals surface area contributed by atoms with Crippen molar-refractivity contribution in [2.75, 3.05) is 98.6 Å². The number of esters is 5. The summed E-state index contributed by atoms with van der Waals surface area (Å²) in [5, 5.41) is 0. The minimum Gasteiger partial charge on any atom is -0.465 e. The number of ether oxygens (including phenoxy) is 6. The smallest absolute Gasteiger partial charge is 0.308 e. The molecule has 15 heteroatoms. The number of rotatable bonds is 29. The van der Waals surface area contributed by atoms with Gasteiger partial charge in [-0.3, -0.25) is 43.6 Å². The normalized spacial score (nSPS) is 28.5. The molecule has 4 aliphatic heterocycles. The van der Waals surface area contributed by atoms with Gasteiger partial charge in [-0.1, -0.05) is 13.8 Å². The van der Waals surface area contributed by atoms with E-state index in [-0.39, 0.29) is 102 Å². The lowest BCUT2D eigenvalue weighted by Crippen LogP contribution is -2.39. The molecule has 4 saturated heterocycles. The topological polar surface area (TPSA) is 153 Å². The Morgan fingerprint density at radius 2 is 0.685 bits per heavy atom. The van der Waals surface area contributed by atoms with Gasteiger partial charge in [-0.15, -0.1) is 0 Å². The van der Waals surface area contributed by atoms with Crippen LogP contribution in [0.2, 0.25) is 0 Å². The molecule has 0 aromatic heterocycles. The lowest BCUT2D eigenvalue weighted by Gasteiger charge is -2.32. The monoisotopic (exact) mass is 766 g/mol. The molecule has 4 aliphatic rings. The zero-order valence-electron chi connectivity index (χ0n) is 33.6. The zero-order chi connectivity index (χ0) is 39.3. The van der Waals surface area contributed by atoms with E-state index in [0.29, 0.717) is 63.2 Å². The molecule has 8 unspecified atom stereocenters. The molecule has 54 heavy (non-hydrogen) atoms. The van der Waals surface area contributed by atoms with Crippen molar-refractivity contribution >= 4 is 29.8 Å². The van der Waals surface area contributed by atoms with Crippen molar-refractivity contribution in [1.29, 1.82) is 0 Å². The van der Waals surface area contributed by atoms with E-state index in [0.717, 1.165) is 26.2 Å². The highest BCUT2D eigenvalue weighted by atomic mass is 16.6. The number of hydrogen-bond acceptors (Lipinski definition) is 15. The summed E-state index contributed by atoms with van der Waals surface area (Å²) in [4.78, 5) is 72.0. The number of carbonyl (C=O) groups excluding carboxylic acids is 5. The molecule has 308 valence electrons. The van der Waals surface area contributed by atoms with E-state index >= 15 is 0 Å². The molecular formula is C39H66N4O11. The Labute approximate surface area is 321 Å². The molecule has 0 spiro atoms. The molecule has 0 aromatic carbocycles. The highest BCUT2D eigenvalue weighted by Crippen LogP contribution is 2.28. The summed E-state index contributed by atoms with van der Waals surface area (Å²) < 4.78 is 34.2. The summed E-state index contributed by atoms with van der Waals surface area (Å²) in [5.74, 6) is -1.87. The Balaban J connectivity index is 1.24. The molecule has 0 aliphatic carbocycles. The van der Waals surface area contributed by atoms with Gasteiger partial charge in [-0.25, -0.2) is 0 Å². The maximum absolute atomic E-state index is 13.0. The fraction of sp³-hybridized carbons (Fsp3) is 0.872. The standard InChI is InChI=1S/C39H66N4O11/c1-7-38(24-50-33(44)9-14-40-19-29(40)3,25-51-34(45)10-15-41-20-30(41)4)23-49-18-13-37(48)54-28-39(8-2,26-52-35(46)11-16-42-21-31(42)5)27-53-36(47)12-17-43-22-32(43)6/h29-32H,7-28H2,1-6H3. The van der Waals surface area contributed by atoms with Crippen LogP contribution in [0.25, 0.3) is 0 Å². The van der Waals surface area contributed by atoms with Crippen molar-refractivity contribution in [1.82, 2.24) is 19.6 Å². The Morgan fingerprint density at radius 1 is 0.444 bits per heavy atom. The highest BCUT2D eigenvalue weighted by Gasteiger charge is 2.37. The molecule has 0 N–H and O–H groups in total. The minimum atomic E-state index is -0.906. The van der Waals surface area contributed by atoms with Crippen molar-refractivity contribution < 1.29 is 52.4 Å². The van der Waals surface area contributed by atoms with E-state index in [1.165, 1.54) is 0 Å². The molecule has 15 nitrogen and oxygen atoms in total. The van der Waals surface area contributed by atoms with Crippen LogP contribution in [0, 0.1) is 10.8 Å². The van der Waals surface area contributed by atoms with Gasteiger partial charge in [0.25, 0.3) is 0 Å². The van der Waals surface area contributed by atoms with Crippen molar-refractivity contribution in [3.63, 3.8) is 0 Å². The molecule has 8 atom stereocenters. The summed E-state index contributed by atoms with van der Waals surface area (Å²) in [6.07, 6.45) is 1.94. The molecule has 0 aromatic rings. The van der Waals surface area contributed by atoms with Crippen LogP contribution in [0.15, 0.2) is 0 Å². The van der Waals surface area contributed by atoms with E-state index in [2.05, 4.69) is 47.3 Å². The fourth-order valence-corrected chi connectivity index (χ4v) is 6.19. The Morgan fingerprint density at radius 3 is 0.926 bits per heavy atom. The molecule has 0 radical (unpaired) electrons. The number of carbonyl (C=O) groups is 5. The van der Waals surface area contributed by atoms with Crippen LogP contribution in [0.3, 0.4) is 0 Å². The predicted molar refractivity (Wildman–Crippen MR) is 198 cm³/mol. The molecule has 0 saturated carbocycles. The lowest BCUT2D eigenvalue weighted by molar-refractivity contribution is -0.163. The van der Waals surface area contributed by atoms with Crippen LogP contribution in [-0.2, 0) is 52.4 Å². The van der Waals surface area contributed by atoms with Crippen molar-refractivity contribution in [2.24, 2.45) is 10.8 Å². The van der Waals surface area contributed by atoms with Crippen molar-refractivity contribution in [3.8, 4) is 0 Å². The van der Waals surface area contributed by atoms with Crippen LogP contribution in [-0.4, -0.2) is 172 Å². The summed E-state index contributed by atoms with van der Waals surface area (Å²) in [6, 6.07) is 1.94. The van der Waals surface area contributed by atoms with Gasteiger partial charge in [-0.2, -0.15) is 0 Å². The van der Waals surface area contributed by atoms with Gasteiger partial charge < -0.3 is 28.4 Å². The first-order valence-corrected chi connectivity index (χ1v) is 20.1. The van der Waals surface area contributed by atoms with E-state index in [9.17, 15) is 24.0 Å². The largest absolute Gasteiger partial charge is 0.465 e. The average molecular weight is 767 g/mol. The first kappa shape index (κ1) is 43.9. The van der Waals surface area contributed by atoms with Crippen LogP contribution in [0.4, 0.5) is 0 Å². The van der Waals surface area contributed by atoms with Crippen LogP contribution in [0.1, 0.15) is 86.5 Å². The Hall–Kier alpha value is -2.85. The molecular weight excluding hydrogens is 700 g/mol. The Bertz CT molecular complexity index is 1190. The van der Waals surface area contributed by atoms with E-state index in [1.807, 2.05) is 13.8 Å². The van der Waals surface area contributed by atoms with E-state index < -0.39 is 16.8 Å². The van der Waals surface area contributed by atoms with Crippen LogP contribution in [0.5, 0.6) is 0 Å². The predicted octanol–water partition coefficient (Wildman–Crippen LogP) is 2.28. The molecule has 4 rings (SSSR count). The quantitative estimate of drug-likeness (QED) is 0.0473. The zero-order valence-corrected chi connectivity index (χ0v) is 33.6. The molecule has 4 fully saturated rings. The third-order valence-corrected chi connectivity index (χ3v) is 11.4. The van der Waals surface area contributed by atoms with Gasteiger partial charge in [0.2, 0.25) is 0 Å². The first-order chi connectivity index (χ1) is 25.8. The number of nitrogens with zero attached hydrogens (tertiary/aromatic N) is 4. The van der Waals surface area contributed by atoms with E-state index in [4.69, 9.17) is 28.4 Å². The maximum Gasteiger partial charge on any atom is 0.308 e. The highest BCUT2D eigenvalue weighted by molar-refractivity contribution is 5.71. The van der Waals surface area contributed by atoms with Gasteiger partial charge in [0.15, 0.2) is 0 Å². The lowest BCUT2D eigenvalue weighted by atomic mass is 9.88. The SMILES string of the molecule is CCC(COCCC(=O)OCC(CC)(COC(=O)CCN1CC1C)COC(=O)CCN1CC1C)(COC(=O)CCN1CC1C)COC(=O)CCN1CC1C.